The van der Waals surface area contributed by atoms with Gasteiger partial charge in [0.25, 0.3) is 17.5 Å². The number of carbonyl (C=O) groups excluding carboxylic acids is 2. The first-order valence-electron chi connectivity index (χ1n) is 9.78. The molecule has 4 rings (SSSR count). The minimum Gasteiger partial charge on any atom is -0.363 e. The van der Waals surface area contributed by atoms with Crippen molar-refractivity contribution in [2.45, 2.75) is 0 Å². The molecule has 0 unspecified atom stereocenters. The fourth-order valence-corrected chi connectivity index (χ4v) is 3.91. The molecule has 0 spiro atoms. The number of amides is 2. The number of nitrogens with one attached hydrogen (secondary N) is 1. The number of likely N-dealkylation sites (N-methyl/N-ethyl adjacent to an activating group) is 1. The molecule has 0 bridgehead atoms. The predicted molar refractivity (Wildman–Crippen MR) is 123 cm³/mol. The van der Waals surface area contributed by atoms with Crippen molar-refractivity contribution in [2.75, 3.05) is 43.1 Å². The number of piperazine rings is 1. The number of halogens is 2. The van der Waals surface area contributed by atoms with Crippen LogP contribution in [0.25, 0.3) is 6.08 Å². The molecule has 11 heteroatoms. The molecule has 32 heavy (non-hydrogen) atoms. The van der Waals surface area contributed by atoms with Gasteiger partial charge in [0.15, 0.2) is 0 Å². The first-order chi connectivity index (χ1) is 15.2. The van der Waals surface area contributed by atoms with Crippen LogP contribution in [-0.4, -0.2) is 54.9 Å². The van der Waals surface area contributed by atoms with Crippen LogP contribution in [0.3, 0.4) is 0 Å². The molecule has 2 aliphatic rings. The minimum absolute atomic E-state index is 0.0731. The fourth-order valence-electron chi connectivity index (χ4n) is 3.62. The number of carbonyl (C=O) groups is 2. The Kier molecular flexibility index (Phi) is 6.05. The van der Waals surface area contributed by atoms with Gasteiger partial charge in [0.2, 0.25) is 0 Å². The van der Waals surface area contributed by atoms with E-state index in [2.05, 4.69) is 10.3 Å². The maximum Gasteiger partial charge on any atom is 0.293 e. The summed E-state index contributed by atoms with van der Waals surface area (Å²) >= 11 is 11.9. The number of hydrazine groups is 1. The summed E-state index contributed by atoms with van der Waals surface area (Å²) in [6.07, 6.45) is 1.34. The lowest BCUT2D eigenvalue weighted by atomic mass is 10.1. The van der Waals surface area contributed by atoms with Gasteiger partial charge in [0.05, 0.1) is 20.7 Å². The van der Waals surface area contributed by atoms with Crippen LogP contribution < -0.4 is 15.3 Å². The van der Waals surface area contributed by atoms with Crippen LogP contribution in [0, 0.1) is 10.1 Å². The topological polar surface area (TPSA) is 99.0 Å². The molecular weight excluding hydrogens is 457 g/mol. The Bertz CT molecular complexity index is 1150. The molecule has 166 valence electrons. The van der Waals surface area contributed by atoms with E-state index in [9.17, 15) is 19.7 Å². The van der Waals surface area contributed by atoms with E-state index in [1.54, 1.807) is 18.2 Å². The Morgan fingerprint density at radius 2 is 1.75 bits per heavy atom. The first kappa shape index (κ1) is 22.1. The Hall–Kier alpha value is -3.14. The number of benzene rings is 2. The van der Waals surface area contributed by atoms with Crippen LogP contribution in [0.2, 0.25) is 10.0 Å². The normalized spacial score (nSPS) is 18.4. The molecule has 1 N–H and O–H groups in total. The average molecular weight is 476 g/mol. The Labute approximate surface area is 193 Å². The highest BCUT2D eigenvalue weighted by Gasteiger charge is 2.35. The van der Waals surface area contributed by atoms with Crippen molar-refractivity contribution < 1.29 is 14.5 Å². The van der Waals surface area contributed by atoms with E-state index >= 15 is 0 Å². The zero-order chi connectivity index (χ0) is 23.0. The molecule has 9 nitrogen and oxygen atoms in total. The number of hydrogen-bond acceptors (Lipinski definition) is 6. The van der Waals surface area contributed by atoms with Gasteiger partial charge in [0.1, 0.15) is 11.3 Å². The molecule has 2 aromatic rings. The summed E-state index contributed by atoms with van der Waals surface area (Å²) < 4.78 is 0. The second kappa shape index (κ2) is 8.78. The molecule has 2 aromatic carbocycles. The number of nitrogens with zero attached hydrogens (tertiary/aromatic N) is 4. The summed E-state index contributed by atoms with van der Waals surface area (Å²) in [5.74, 6) is -1.22. The number of anilines is 2. The summed E-state index contributed by atoms with van der Waals surface area (Å²) in [4.78, 5) is 40.7. The predicted octanol–water partition coefficient (Wildman–Crippen LogP) is 3.11. The fraction of sp³-hybridized carbons (Fsp3) is 0.238. The van der Waals surface area contributed by atoms with Gasteiger partial charge >= 0.3 is 0 Å². The van der Waals surface area contributed by atoms with Gasteiger partial charge in [-0.3, -0.25) is 25.1 Å². The van der Waals surface area contributed by atoms with Gasteiger partial charge in [-0.1, -0.05) is 29.3 Å². The van der Waals surface area contributed by atoms with E-state index in [1.165, 1.54) is 24.3 Å². The van der Waals surface area contributed by atoms with Crippen molar-refractivity contribution in [3.63, 3.8) is 0 Å². The van der Waals surface area contributed by atoms with Crippen LogP contribution in [0.4, 0.5) is 17.1 Å². The summed E-state index contributed by atoms with van der Waals surface area (Å²) in [6.45, 7) is 2.97. The largest absolute Gasteiger partial charge is 0.363 e. The zero-order valence-electron chi connectivity index (χ0n) is 17.0. The van der Waals surface area contributed by atoms with E-state index in [1.807, 2.05) is 11.9 Å². The maximum atomic E-state index is 12.8. The van der Waals surface area contributed by atoms with Crippen LogP contribution in [0.1, 0.15) is 5.56 Å². The van der Waals surface area contributed by atoms with Crippen molar-refractivity contribution in [2.24, 2.45) is 0 Å². The monoisotopic (exact) mass is 475 g/mol. The minimum atomic E-state index is -0.619. The summed E-state index contributed by atoms with van der Waals surface area (Å²) in [5, 5.41) is 13.3. The van der Waals surface area contributed by atoms with Crippen LogP contribution in [-0.2, 0) is 9.59 Å². The van der Waals surface area contributed by atoms with E-state index in [0.29, 0.717) is 35.1 Å². The molecule has 0 aromatic heterocycles. The molecule has 2 heterocycles. The van der Waals surface area contributed by atoms with E-state index in [4.69, 9.17) is 23.2 Å². The molecule has 0 saturated carbocycles. The van der Waals surface area contributed by atoms with Crippen molar-refractivity contribution in [1.82, 2.24) is 10.3 Å². The van der Waals surface area contributed by atoms with Gasteiger partial charge in [0, 0.05) is 32.2 Å². The number of nitro benzene ring substituents is 1. The molecule has 2 amide bonds. The third-order valence-electron chi connectivity index (χ3n) is 5.40. The van der Waals surface area contributed by atoms with Crippen LogP contribution in [0.15, 0.2) is 42.0 Å². The third kappa shape index (κ3) is 4.27. The van der Waals surface area contributed by atoms with Crippen molar-refractivity contribution >= 4 is 58.2 Å². The zero-order valence-corrected chi connectivity index (χ0v) is 18.6. The SMILES string of the molecule is CN1CCN(c2ccc(/C=C3/C(=O)NN(c4ccc(Cl)c(Cl)c4)C3=O)cc2[N+](=O)[O-])CC1. The second-order valence-electron chi connectivity index (χ2n) is 7.53. The quantitative estimate of drug-likeness (QED) is 0.315. The highest BCUT2D eigenvalue weighted by molar-refractivity contribution is 6.42. The lowest BCUT2D eigenvalue weighted by molar-refractivity contribution is -0.384. The van der Waals surface area contributed by atoms with Crippen molar-refractivity contribution in [3.8, 4) is 0 Å². The van der Waals surface area contributed by atoms with E-state index in [0.717, 1.165) is 18.1 Å². The van der Waals surface area contributed by atoms with Crippen molar-refractivity contribution in [3.05, 3.63) is 67.7 Å². The summed E-state index contributed by atoms with van der Waals surface area (Å²) in [5.41, 5.74) is 3.50. The lowest BCUT2D eigenvalue weighted by Gasteiger charge is -2.33. The van der Waals surface area contributed by atoms with E-state index in [-0.39, 0.29) is 16.3 Å². The average Bonchev–Trinajstić information content (AvgIpc) is 3.04. The number of rotatable bonds is 4. The molecule has 0 aliphatic carbocycles. The lowest BCUT2D eigenvalue weighted by Crippen LogP contribution is -2.44. The van der Waals surface area contributed by atoms with Gasteiger partial charge in [-0.25, -0.2) is 5.01 Å². The first-order valence-corrected chi connectivity index (χ1v) is 10.5. The maximum absolute atomic E-state index is 12.8. The molecule has 0 radical (unpaired) electrons. The summed E-state index contributed by atoms with van der Waals surface area (Å²) in [6, 6.07) is 9.22. The van der Waals surface area contributed by atoms with Gasteiger partial charge in [-0.05, 0) is 43.0 Å². The highest BCUT2D eigenvalue weighted by Crippen LogP contribution is 2.32. The molecule has 2 aliphatic heterocycles. The molecular formula is C21H19Cl2N5O4. The number of hydrogen-bond donors (Lipinski definition) is 1. The molecule has 2 fully saturated rings. The standard InChI is InChI=1S/C21H19Cl2N5O4/c1-25-6-8-26(9-7-25)18-5-2-13(11-19(18)28(31)32)10-15-20(29)24-27(21(15)30)14-3-4-16(22)17(23)12-14/h2-5,10-12H,6-9H2,1H3,(H,24,29)/b15-10-. The molecule has 2 saturated heterocycles. The van der Waals surface area contributed by atoms with Gasteiger partial charge in [-0.15, -0.1) is 0 Å². The Morgan fingerprint density at radius 1 is 1.03 bits per heavy atom. The summed E-state index contributed by atoms with van der Waals surface area (Å²) in [7, 11) is 2.01. The number of nitro groups is 1. The van der Waals surface area contributed by atoms with Gasteiger partial charge in [-0.2, -0.15) is 0 Å². The second-order valence-corrected chi connectivity index (χ2v) is 8.35. The Morgan fingerprint density at radius 3 is 2.41 bits per heavy atom. The smallest absolute Gasteiger partial charge is 0.293 e. The third-order valence-corrected chi connectivity index (χ3v) is 6.14. The highest BCUT2D eigenvalue weighted by atomic mass is 35.5. The van der Waals surface area contributed by atoms with Crippen LogP contribution >= 0.6 is 23.2 Å². The van der Waals surface area contributed by atoms with Crippen LogP contribution in [0.5, 0.6) is 0 Å². The Balaban J connectivity index is 1.63. The van der Waals surface area contributed by atoms with E-state index < -0.39 is 16.7 Å². The van der Waals surface area contributed by atoms with Gasteiger partial charge < -0.3 is 9.80 Å². The van der Waals surface area contributed by atoms with Crippen molar-refractivity contribution in [1.29, 1.82) is 0 Å². The molecule has 0 atom stereocenters.